The minimum absolute atomic E-state index is 0.00570. The monoisotopic (exact) mass is 235 g/mol. The van der Waals surface area contributed by atoms with Crippen LogP contribution in [0, 0.1) is 0 Å². The molecular weight excluding hydrogens is 222 g/mol. The Morgan fingerprint density at radius 3 is 2.76 bits per heavy atom. The summed E-state index contributed by atoms with van der Waals surface area (Å²) in [6, 6.07) is -0.00570. The van der Waals surface area contributed by atoms with Gasteiger partial charge in [0.2, 0.25) is 0 Å². The van der Waals surface area contributed by atoms with Gasteiger partial charge in [-0.3, -0.25) is 14.3 Å². The van der Waals surface area contributed by atoms with Crippen molar-refractivity contribution in [1.29, 1.82) is 0 Å². The summed E-state index contributed by atoms with van der Waals surface area (Å²) in [6.45, 7) is 4.04. The first-order chi connectivity index (χ1) is 8.08. The van der Waals surface area contributed by atoms with E-state index in [0.717, 1.165) is 0 Å². The molecule has 17 heavy (non-hydrogen) atoms. The van der Waals surface area contributed by atoms with Crippen LogP contribution in [0.4, 0.5) is 0 Å². The van der Waals surface area contributed by atoms with Crippen molar-refractivity contribution in [3.63, 3.8) is 0 Å². The van der Waals surface area contributed by atoms with Crippen LogP contribution in [0.1, 0.15) is 25.5 Å². The summed E-state index contributed by atoms with van der Waals surface area (Å²) in [5.41, 5.74) is -0.307. The van der Waals surface area contributed by atoms with Gasteiger partial charge in [-0.25, -0.2) is 9.48 Å². The highest BCUT2D eigenvalue weighted by Gasteiger charge is 2.07. The van der Waals surface area contributed by atoms with Crippen molar-refractivity contribution in [3.05, 3.63) is 45.0 Å². The average molecular weight is 235 g/mol. The fourth-order valence-electron chi connectivity index (χ4n) is 1.51. The second-order valence-electron chi connectivity index (χ2n) is 4.02. The number of nitrogens with zero attached hydrogens (tertiary/aromatic N) is 4. The Labute approximate surface area is 96.7 Å². The number of aromatic nitrogens is 5. The zero-order chi connectivity index (χ0) is 12.4. The Kier molecular flexibility index (Phi) is 2.90. The molecule has 0 fully saturated rings. The molecule has 7 heteroatoms. The SMILES string of the molecule is CC(C)n1cc(Cn2ccnn2)c(=O)[nH]c1=O. The van der Waals surface area contributed by atoms with Crippen LogP contribution in [0.5, 0.6) is 0 Å². The lowest BCUT2D eigenvalue weighted by molar-refractivity contribution is 0.547. The summed E-state index contributed by atoms with van der Waals surface area (Å²) in [6.07, 6.45) is 4.75. The summed E-state index contributed by atoms with van der Waals surface area (Å²) in [7, 11) is 0. The molecule has 0 unspecified atom stereocenters. The number of hydrogen-bond donors (Lipinski definition) is 1. The predicted octanol–water partition coefficient (Wildman–Crippen LogP) is -0.243. The van der Waals surface area contributed by atoms with E-state index in [-0.39, 0.29) is 11.6 Å². The minimum Gasteiger partial charge on any atom is -0.298 e. The van der Waals surface area contributed by atoms with E-state index in [4.69, 9.17) is 0 Å². The molecule has 7 nitrogen and oxygen atoms in total. The standard InChI is InChI=1S/C10H13N5O2/c1-7(2)15-6-8(9(16)12-10(15)17)5-14-4-3-11-13-14/h3-4,6-7H,5H2,1-2H3,(H,12,16,17). The fraction of sp³-hybridized carbons (Fsp3) is 0.400. The third-order valence-corrected chi connectivity index (χ3v) is 2.40. The van der Waals surface area contributed by atoms with E-state index in [1.54, 1.807) is 12.4 Å². The molecule has 0 radical (unpaired) electrons. The summed E-state index contributed by atoms with van der Waals surface area (Å²) < 4.78 is 3.01. The summed E-state index contributed by atoms with van der Waals surface area (Å²) in [5.74, 6) is 0. The third kappa shape index (κ3) is 2.32. The van der Waals surface area contributed by atoms with E-state index in [1.807, 2.05) is 13.8 Å². The van der Waals surface area contributed by atoms with Crippen molar-refractivity contribution >= 4 is 0 Å². The first kappa shape index (κ1) is 11.3. The van der Waals surface area contributed by atoms with Crippen LogP contribution in [-0.4, -0.2) is 24.5 Å². The number of rotatable bonds is 3. The maximum Gasteiger partial charge on any atom is 0.328 e. The first-order valence-corrected chi connectivity index (χ1v) is 5.26. The van der Waals surface area contributed by atoms with Gasteiger partial charge in [-0.2, -0.15) is 0 Å². The molecule has 0 aliphatic rings. The number of nitrogens with one attached hydrogen (secondary N) is 1. The van der Waals surface area contributed by atoms with Crippen LogP contribution in [0.2, 0.25) is 0 Å². The van der Waals surface area contributed by atoms with Crippen LogP contribution in [0.3, 0.4) is 0 Å². The predicted molar refractivity (Wildman–Crippen MR) is 60.8 cm³/mol. The van der Waals surface area contributed by atoms with Gasteiger partial charge in [0.1, 0.15) is 0 Å². The number of H-pyrrole nitrogens is 1. The molecule has 0 saturated heterocycles. The highest BCUT2D eigenvalue weighted by molar-refractivity contribution is 5.05. The molecule has 0 amide bonds. The van der Waals surface area contributed by atoms with Crippen molar-refractivity contribution in [2.24, 2.45) is 0 Å². The average Bonchev–Trinajstić information content (AvgIpc) is 2.74. The van der Waals surface area contributed by atoms with Gasteiger partial charge in [0, 0.05) is 18.4 Å². The Hall–Kier alpha value is -2.18. The molecule has 90 valence electrons. The van der Waals surface area contributed by atoms with Crippen molar-refractivity contribution in [2.45, 2.75) is 26.4 Å². The van der Waals surface area contributed by atoms with E-state index in [0.29, 0.717) is 12.1 Å². The zero-order valence-corrected chi connectivity index (χ0v) is 9.62. The number of hydrogen-bond acceptors (Lipinski definition) is 4. The summed E-state index contributed by atoms with van der Waals surface area (Å²) in [5, 5.41) is 7.43. The molecule has 2 rings (SSSR count). The summed E-state index contributed by atoms with van der Waals surface area (Å²) >= 11 is 0. The van der Waals surface area contributed by atoms with Crippen molar-refractivity contribution in [2.75, 3.05) is 0 Å². The van der Waals surface area contributed by atoms with Crippen LogP contribution in [0.25, 0.3) is 0 Å². The Morgan fingerprint density at radius 1 is 1.41 bits per heavy atom. The molecule has 2 aromatic rings. The van der Waals surface area contributed by atoms with Gasteiger partial charge >= 0.3 is 5.69 Å². The molecule has 1 N–H and O–H groups in total. The quantitative estimate of drug-likeness (QED) is 0.795. The molecule has 0 atom stereocenters. The van der Waals surface area contributed by atoms with E-state index in [1.165, 1.54) is 15.4 Å². The number of aromatic amines is 1. The Morgan fingerprint density at radius 2 is 2.18 bits per heavy atom. The topological polar surface area (TPSA) is 85.6 Å². The Bertz CT molecular complexity index is 608. The first-order valence-electron chi connectivity index (χ1n) is 5.26. The van der Waals surface area contributed by atoms with Gasteiger partial charge in [-0.1, -0.05) is 5.21 Å². The van der Waals surface area contributed by atoms with Gasteiger partial charge < -0.3 is 0 Å². The maximum atomic E-state index is 11.6. The Balaban J connectivity index is 2.44. The molecule has 0 spiro atoms. The molecule has 0 saturated carbocycles. The molecule has 2 aromatic heterocycles. The van der Waals surface area contributed by atoms with Gasteiger partial charge in [0.25, 0.3) is 5.56 Å². The van der Waals surface area contributed by atoms with E-state index >= 15 is 0 Å². The zero-order valence-electron chi connectivity index (χ0n) is 9.62. The molecule has 2 heterocycles. The lowest BCUT2D eigenvalue weighted by Crippen LogP contribution is -2.33. The normalized spacial score (nSPS) is 11.0. The van der Waals surface area contributed by atoms with Gasteiger partial charge in [-0.05, 0) is 13.8 Å². The molecular formula is C10H13N5O2. The summed E-state index contributed by atoms with van der Waals surface area (Å²) in [4.78, 5) is 25.4. The van der Waals surface area contributed by atoms with Gasteiger partial charge in [0.05, 0.1) is 18.3 Å². The van der Waals surface area contributed by atoms with Crippen LogP contribution < -0.4 is 11.2 Å². The second-order valence-corrected chi connectivity index (χ2v) is 4.02. The smallest absolute Gasteiger partial charge is 0.298 e. The highest BCUT2D eigenvalue weighted by atomic mass is 16.2. The fourth-order valence-corrected chi connectivity index (χ4v) is 1.51. The van der Waals surface area contributed by atoms with Crippen molar-refractivity contribution in [1.82, 2.24) is 24.5 Å². The van der Waals surface area contributed by atoms with Gasteiger partial charge in [-0.15, -0.1) is 5.10 Å². The second kappa shape index (κ2) is 4.36. The minimum atomic E-state index is -0.396. The third-order valence-electron chi connectivity index (χ3n) is 2.40. The van der Waals surface area contributed by atoms with Crippen LogP contribution in [-0.2, 0) is 6.54 Å². The highest BCUT2D eigenvalue weighted by Crippen LogP contribution is 2.00. The molecule has 0 bridgehead atoms. The van der Waals surface area contributed by atoms with Gasteiger partial charge in [0.15, 0.2) is 0 Å². The van der Waals surface area contributed by atoms with Crippen molar-refractivity contribution in [3.8, 4) is 0 Å². The van der Waals surface area contributed by atoms with Crippen molar-refractivity contribution < 1.29 is 0 Å². The lowest BCUT2D eigenvalue weighted by atomic mass is 10.3. The molecule has 0 aliphatic carbocycles. The van der Waals surface area contributed by atoms with Crippen LogP contribution in [0.15, 0.2) is 28.2 Å². The maximum absolute atomic E-state index is 11.6. The largest absolute Gasteiger partial charge is 0.328 e. The van der Waals surface area contributed by atoms with E-state index in [2.05, 4.69) is 15.3 Å². The van der Waals surface area contributed by atoms with E-state index in [9.17, 15) is 9.59 Å². The van der Waals surface area contributed by atoms with E-state index < -0.39 is 5.69 Å². The lowest BCUT2D eigenvalue weighted by Gasteiger charge is -2.10. The van der Waals surface area contributed by atoms with Crippen LogP contribution >= 0.6 is 0 Å². The molecule has 0 aliphatic heterocycles. The molecule has 0 aromatic carbocycles.